The summed E-state index contributed by atoms with van der Waals surface area (Å²) in [5, 5.41) is 9.09. The van der Waals surface area contributed by atoms with E-state index in [4.69, 9.17) is 20.5 Å². The van der Waals surface area contributed by atoms with E-state index in [1.54, 1.807) is 13.2 Å². The second-order valence-electron chi connectivity index (χ2n) is 4.29. The molecular formula is C13H21N3O2. The van der Waals surface area contributed by atoms with Gasteiger partial charge in [-0.25, -0.2) is 0 Å². The van der Waals surface area contributed by atoms with Gasteiger partial charge in [0.15, 0.2) is 0 Å². The van der Waals surface area contributed by atoms with Crippen LogP contribution in [0.25, 0.3) is 0 Å². The molecule has 2 N–H and O–H groups in total. The van der Waals surface area contributed by atoms with E-state index in [-0.39, 0.29) is 6.10 Å². The minimum Gasteiger partial charge on any atom is -0.472 e. The second-order valence-corrected chi connectivity index (χ2v) is 4.29. The van der Waals surface area contributed by atoms with Crippen LogP contribution in [0.1, 0.15) is 32.4 Å². The lowest BCUT2D eigenvalue weighted by Gasteiger charge is -2.17. The largest absolute Gasteiger partial charge is 0.472 e. The molecule has 0 aromatic carbocycles. The molecule has 0 bridgehead atoms. The maximum atomic E-state index is 9.09. The quantitative estimate of drug-likeness (QED) is 0.806. The first-order valence-electron chi connectivity index (χ1n) is 6.18. The summed E-state index contributed by atoms with van der Waals surface area (Å²) in [6, 6.07) is 3.80. The Morgan fingerprint density at radius 2 is 2.28 bits per heavy atom. The van der Waals surface area contributed by atoms with Crippen molar-refractivity contribution in [3.8, 4) is 11.9 Å². The van der Waals surface area contributed by atoms with Crippen LogP contribution in [0.2, 0.25) is 0 Å². The van der Waals surface area contributed by atoms with Crippen LogP contribution in [-0.2, 0) is 11.3 Å². The highest BCUT2D eigenvalue weighted by atomic mass is 16.5. The predicted octanol–water partition coefficient (Wildman–Crippen LogP) is 2.16. The van der Waals surface area contributed by atoms with E-state index in [2.05, 4.69) is 13.0 Å². The Kier molecular flexibility index (Phi) is 5.53. The topological polar surface area (TPSA) is 73.2 Å². The Hall–Kier alpha value is -1.67. The lowest BCUT2D eigenvalue weighted by molar-refractivity contribution is 0.0865. The van der Waals surface area contributed by atoms with Crippen molar-refractivity contribution < 1.29 is 9.47 Å². The van der Waals surface area contributed by atoms with Crippen molar-refractivity contribution in [3.05, 3.63) is 11.8 Å². The molecule has 0 saturated heterocycles. The van der Waals surface area contributed by atoms with Gasteiger partial charge in [0, 0.05) is 19.7 Å². The fourth-order valence-electron chi connectivity index (χ4n) is 1.77. The van der Waals surface area contributed by atoms with Gasteiger partial charge in [0.05, 0.1) is 12.3 Å². The summed E-state index contributed by atoms with van der Waals surface area (Å²) in [6.07, 6.45) is 1.94. The van der Waals surface area contributed by atoms with Crippen molar-refractivity contribution in [3.63, 3.8) is 0 Å². The summed E-state index contributed by atoms with van der Waals surface area (Å²) in [7, 11) is 1.63. The molecule has 0 amide bonds. The van der Waals surface area contributed by atoms with Gasteiger partial charge in [0.2, 0.25) is 5.88 Å². The number of anilines is 1. The molecule has 5 heteroatoms. The van der Waals surface area contributed by atoms with Crippen LogP contribution in [0.5, 0.6) is 5.88 Å². The number of nitrogens with zero attached hydrogens (tertiary/aromatic N) is 2. The third-order valence-electron chi connectivity index (χ3n) is 2.64. The SMILES string of the molecule is CCCCn1c(C#N)cc(N)c1OC(C)COC. The van der Waals surface area contributed by atoms with E-state index in [1.807, 2.05) is 11.5 Å². The van der Waals surface area contributed by atoms with E-state index in [0.717, 1.165) is 19.4 Å². The van der Waals surface area contributed by atoms with Crippen LogP contribution in [0.15, 0.2) is 6.07 Å². The number of aromatic nitrogens is 1. The number of nitrogen functional groups attached to an aromatic ring is 1. The average Bonchev–Trinajstić information content (AvgIpc) is 2.64. The van der Waals surface area contributed by atoms with E-state index in [0.29, 0.717) is 23.9 Å². The first-order chi connectivity index (χ1) is 8.63. The number of nitrogens with two attached hydrogens (primary N) is 1. The van der Waals surface area contributed by atoms with Gasteiger partial charge in [0.25, 0.3) is 0 Å². The molecule has 1 heterocycles. The molecular weight excluding hydrogens is 230 g/mol. The highest BCUT2D eigenvalue weighted by Crippen LogP contribution is 2.28. The third kappa shape index (κ3) is 3.41. The van der Waals surface area contributed by atoms with Gasteiger partial charge in [-0.05, 0) is 13.3 Å². The van der Waals surface area contributed by atoms with Gasteiger partial charge in [-0.2, -0.15) is 5.26 Å². The van der Waals surface area contributed by atoms with E-state index in [1.165, 1.54) is 0 Å². The Bertz CT molecular complexity index is 421. The molecule has 0 aliphatic rings. The van der Waals surface area contributed by atoms with Gasteiger partial charge in [-0.15, -0.1) is 0 Å². The van der Waals surface area contributed by atoms with Crippen LogP contribution in [-0.4, -0.2) is 24.4 Å². The highest BCUT2D eigenvalue weighted by Gasteiger charge is 2.16. The average molecular weight is 251 g/mol. The van der Waals surface area contributed by atoms with Crippen LogP contribution in [0.4, 0.5) is 5.69 Å². The van der Waals surface area contributed by atoms with Crippen LogP contribution in [0, 0.1) is 11.3 Å². The molecule has 0 saturated carbocycles. The van der Waals surface area contributed by atoms with Crippen LogP contribution >= 0.6 is 0 Å². The number of unbranched alkanes of at least 4 members (excludes halogenated alkanes) is 1. The Balaban J connectivity index is 2.93. The van der Waals surface area contributed by atoms with Crippen molar-refractivity contribution >= 4 is 5.69 Å². The van der Waals surface area contributed by atoms with E-state index in [9.17, 15) is 0 Å². The van der Waals surface area contributed by atoms with Gasteiger partial charge >= 0.3 is 0 Å². The minimum absolute atomic E-state index is 0.0980. The standard InChI is InChI=1S/C13H21N3O2/c1-4-5-6-16-11(8-14)7-12(15)13(16)18-10(2)9-17-3/h7,10H,4-6,9,15H2,1-3H3. The Morgan fingerprint density at radius 1 is 1.56 bits per heavy atom. The lowest BCUT2D eigenvalue weighted by Crippen LogP contribution is -2.20. The lowest BCUT2D eigenvalue weighted by atomic mass is 10.3. The maximum absolute atomic E-state index is 9.09. The van der Waals surface area contributed by atoms with Crippen molar-refractivity contribution in [1.82, 2.24) is 4.57 Å². The monoisotopic (exact) mass is 251 g/mol. The molecule has 1 rings (SSSR count). The fraction of sp³-hybridized carbons (Fsp3) is 0.615. The molecule has 0 aliphatic heterocycles. The predicted molar refractivity (Wildman–Crippen MR) is 70.4 cm³/mol. The first-order valence-corrected chi connectivity index (χ1v) is 6.18. The zero-order chi connectivity index (χ0) is 13.5. The molecule has 18 heavy (non-hydrogen) atoms. The molecule has 0 spiro atoms. The van der Waals surface area contributed by atoms with Crippen molar-refractivity contribution in [2.45, 2.75) is 39.3 Å². The van der Waals surface area contributed by atoms with Crippen LogP contribution in [0.3, 0.4) is 0 Å². The van der Waals surface area contributed by atoms with E-state index < -0.39 is 0 Å². The minimum atomic E-state index is -0.0980. The van der Waals surface area contributed by atoms with Crippen molar-refractivity contribution in [1.29, 1.82) is 5.26 Å². The molecule has 0 aliphatic carbocycles. The third-order valence-corrected chi connectivity index (χ3v) is 2.64. The van der Waals surface area contributed by atoms with Crippen molar-refractivity contribution in [2.75, 3.05) is 19.5 Å². The smallest absolute Gasteiger partial charge is 0.218 e. The number of nitriles is 1. The summed E-state index contributed by atoms with van der Waals surface area (Å²) in [5.41, 5.74) is 6.94. The molecule has 0 fully saturated rings. The molecule has 0 radical (unpaired) electrons. The molecule has 1 unspecified atom stereocenters. The summed E-state index contributed by atoms with van der Waals surface area (Å²) in [4.78, 5) is 0. The fourth-order valence-corrected chi connectivity index (χ4v) is 1.77. The maximum Gasteiger partial charge on any atom is 0.218 e. The van der Waals surface area contributed by atoms with Gasteiger partial charge in [-0.1, -0.05) is 13.3 Å². The summed E-state index contributed by atoms with van der Waals surface area (Å²) < 4.78 is 12.6. The molecule has 1 aromatic rings. The number of hydrogen-bond donors (Lipinski definition) is 1. The second kappa shape index (κ2) is 6.92. The molecule has 1 atom stereocenters. The Morgan fingerprint density at radius 3 is 2.83 bits per heavy atom. The number of rotatable bonds is 7. The first kappa shape index (κ1) is 14.4. The van der Waals surface area contributed by atoms with Gasteiger partial charge in [0.1, 0.15) is 17.9 Å². The summed E-state index contributed by atoms with van der Waals surface area (Å²) in [6.45, 7) is 5.24. The van der Waals surface area contributed by atoms with E-state index >= 15 is 0 Å². The number of methoxy groups -OCH3 is 1. The summed E-state index contributed by atoms with van der Waals surface area (Å²) in [5.74, 6) is 0.574. The van der Waals surface area contributed by atoms with Gasteiger partial charge < -0.3 is 19.8 Å². The molecule has 100 valence electrons. The van der Waals surface area contributed by atoms with Crippen LogP contribution < -0.4 is 10.5 Å². The molecule has 1 aromatic heterocycles. The Labute approximate surface area is 108 Å². The zero-order valence-corrected chi connectivity index (χ0v) is 11.3. The zero-order valence-electron chi connectivity index (χ0n) is 11.3. The number of ether oxygens (including phenoxy) is 2. The highest BCUT2D eigenvalue weighted by molar-refractivity contribution is 5.55. The number of hydrogen-bond acceptors (Lipinski definition) is 4. The molecule has 5 nitrogen and oxygen atoms in total. The summed E-state index contributed by atoms with van der Waals surface area (Å²) >= 11 is 0. The van der Waals surface area contributed by atoms with Gasteiger partial charge in [-0.3, -0.25) is 0 Å². The van der Waals surface area contributed by atoms with Crippen molar-refractivity contribution in [2.24, 2.45) is 0 Å². The normalized spacial score (nSPS) is 12.1.